The number of anilines is 2. The number of rotatable bonds is 6. The number of amides is 1. The zero-order valence-corrected chi connectivity index (χ0v) is 13.7. The van der Waals surface area contributed by atoms with Crippen LogP contribution in [0.2, 0.25) is 0 Å². The normalized spacial score (nSPS) is 13.7. The summed E-state index contributed by atoms with van der Waals surface area (Å²) in [6.07, 6.45) is -3.00. The first-order chi connectivity index (χ1) is 12.7. The van der Waals surface area contributed by atoms with Crippen LogP contribution in [-0.4, -0.2) is 23.2 Å². The summed E-state index contributed by atoms with van der Waals surface area (Å²) in [4.78, 5) is 23.0. The monoisotopic (exact) mass is 381 g/mol. The predicted molar refractivity (Wildman–Crippen MR) is 90.8 cm³/mol. The van der Waals surface area contributed by atoms with Gasteiger partial charge >= 0.3 is 6.36 Å². The standard InChI is InChI=1S/C17H14F3N3O4/c18-17(19,20)27-13-3-1-2-12(9-13)22-16(24)10-4-7-14(21-11-5-6-11)15(8-10)23(25)26/h1-4,7-9,11,21H,5-6H2,(H,22,24). The first kappa shape index (κ1) is 18.5. The van der Waals surface area contributed by atoms with E-state index in [9.17, 15) is 28.1 Å². The van der Waals surface area contributed by atoms with E-state index < -0.39 is 22.9 Å². The Hall–Kier alpha value is -3.30. The van der Waals surface area contributed by atoms with E-state index in [0.717, 1.165) is 31.0 Å². The van der Waals surface area contributed by atoms with Gasteiger partial charge in [-0.05, 0) is 37.1 Å². The number of alkyl halides is 3. The number of nitrogens with one attached hydrogen (secondary N) is 2. The van der Waals surface area contributed by atoms with Crippen LogP contribution < -0.4 is 15.4 Å². The average Bonchev–Trinajstić information content (AvgIpc) is 3.37. The molecule has 2 N–H and O–H groups in total. The lowest BCUT2D eigenvalue weighted by Crippen LogP contribution is -2.17. The maximum absolute atomic E-state index is 12.3. The fourth-order valence-corrected chi connectivity index (χ4v) is 2.37. The second-order valence-electron chi connectivity index (χ2n) is 5.94. The van der Waals surface area contributed by atoms with Crippen molar-refractivity contribution in [2.75, 3.05) is 10.6 Å². The van der Waals surface area contributed by atoms with Crippen LogP contribution in [-0.2, 0) is 0 Å². The SMILES string of the molecule is O=C(Nc1cccc(OC(F)(F)F)c1)c1ccc(NC2CC2)c([N+](=O)[O-])c1. The Morgan fingerprint density at radius 2 is 1.93 bits per heavy atom. The minimum atomic E-state index is -4.85. The Morgan fingerprint density at radius 3 is 2.56 bits per heavy atom. The van der Waals surface area contributed by atoms with Gasteiger partial charge in [0.15, 0.2) is 0 Å². The summed E-state index contributed by atoms with van der Waals surface area (Å²) in [7, 11) is 0. The number of halogens is 3. The molecule has 0 saturated heterocycles. The Labute approximate surface area is 151 Å². The highest BCUT2D eigenvalue weighted by molar-refractivity contribution is 6.05. The average molecular weight is 381 g/mol. The fourth-order valence-electron chi connectivity index (χ4n) is 2.37. The van der Waals surface area contributed by atoms with E-state index in [4.69, 9.17) is 0 Å². The van der Waals surface area contributed by atoms with E-state index in [1.165, 1.54) is 24.3 Å². The van der Waals surface area contributed by atoms with Gasteiger partial charge < -0.3 is 15.4 Å². The van der Waals surface area contributed by atoms with Gasteiger partial charge in [-0.2, -0.15) is 0 Å². The number of hydrogen-bond acceptors (Lipinski definition) is 5. The van der Waals surface area contributed by atoms with Crippen molar-refractivity contribution in [2.45, 2.75) is 25.2 Å². The minimum absolute atomic E-state index is 0.00481. The Kier molecular flexibility index (Phi) is 4.89. The molecule has 1 amide bonds. The number of ether oxygens (including phenoxy) is 1. The zero-order chi connectivity index (χ0) is 19.6. The molecule has 1 saturated carbocycles. The summed E-state index contributed by atoms with van der Waals surface area (Å²) in [5, 5.41) is 16.7. The second kappa shape index (κ2) is 7.14. The Bertz CT molecular complexity index is 882. The first-order valence-corrected chi connectivity index (χ1v) is 7.93. The largest absolute Gasteiger partial charge is 0.573 e. The fraction of sp³-hybridized carbons (Fsp3) is 0.235. The molecular weight excluding hydrogens is 367 g/mol. The first-order valence-electron chi connectivity index (χ1n) is 7.93. The van der Waals surface area contributed by atoms with Crippen molar-refractivity contribution in [1.29, 1.82) is 0 Å². The molecule has 1 aliphatic rings. The third-order valence-corrected chi connectivity index (χ3v) is 3.72. The van der Waals surface area contributed by atoms with Gasteiger partial charge in [-0.3, -0.25) is 14.9 Å². The van der Waals surface area contributed by atoms with Gasteiger partial charge in [-0.25, -0.2) is 0 Å². The summed E-state index contributed by atoms with van der Waals surface area (Å²) < 4.78 is 40.6. The molecule has 0 bridgehead atoms. The molecule has 0 radical (unpaired) electrons. The molecule has 10 heteroatoms. The van der Waals surface area contributed by atoms with Crippen molar-refractivity contribution in [3.05, 3.63) is 58.1 Å². The van der Waals surface area contributed by atoms with Gasteiger partial charge in [0, 0.05) is 29.4 Å². The molecular formula is C17H14F3N3O4. The van der Waals surface area contributed by atoms with Crippen molar-refractivity contribution in [3.8, 4) is 5.75 Å². The van der Waals surface area contributed by atoms with Crippen LogP contribution >= 0.6 is 0 Å². The highest BCUT2D eigenvalue weighted by atomic mass is 19.4. The van der Waals surface area contributed by atoms with E-state index in [-0.39, 0.29) is 23.0 Å². The molecule has 3 rings (SSSR count). The van der Waals surface area contributed by atoms with E-state index in [1.54, 1.807) is 0 Å². The van der Waals surface area contributed by atoms with E-state index in [0.29, 0.717) is 5.69 Å². The molecule has 1 fully saturated rings. The number of benzene rings is 2. The molecule has 0 heterocycles. The maximum Gasteiger partial charge on any atom is 0.573 e. The maximum atomic E-state index is 12.3. The van der Waals surface area contributed by atoms with Crippen molar-refractivity contribution in [2.24, 2.45) is 0 Å². The molecule has 0 aliphatic heterocycles. The summed E-state index contributed by atoms with van der Waals surface area (Å²) in [5.74, 6) is -1.18. The highest BCUT2D eigenvalue weighted by Gasteiger charge is 2.31. The minimum Gasteiger partial charge on any atom is -0.406 e. The summed E-state index contributed by atoms with van der Waals surface area (Å²) in [5.41, 5.74) is 0.137. The van der Waals surface area contributed by atoms with Gasteiger partial charge in [0.05, 0.1) is 4.92 Å². The number of nitro groups is 1. The van der Waals surface area contributed by atoms with E-state index in [1.807, 2.05) is 0 Å². The quantitative estimate of drug-likeness (QED) is 0.574. The molecule has 142 valence electrons. The number of carbonyl (C=O) groups is 1. The van der Waals surface area contributed by atoms with Crippen molar-refractivity contribution in [3.63, 3.8) is 0 Å². The van der Waals surface area contributed by atoms with Gasteiger partial charge in [0.25, 0.3) is 11.6 Å². The van der Waals surface area contributed by atoms with Crippen LogP contribution in [0.1, 0.15) is 23.2 Å². The highest BCUT2D eigenvalue weighted by Crippen LogP contribution is 2.32. The smallest absolute Gasteiger partial charge is 0.406 e. The lowest BCUT2D eigenvalue weighted by Gasteiger charge is -2.11. The Morgan fingerprint density at radius 1 is 1.19 bits per heavy atom. The summed E-state index contributed by atoms with van der Waals surface area (Å²) in [6, 6.07) is 8.91. The van der Waals surface area contributed by atoms with Gasteiger partial charge in [-0.1, -0.05) is 6.07 Å². The lowest BCUT2D eigenvalue weighted by atomic mass is 10.1. The van der Waals surface area contributed by atoms with Crippen molar-refractivity contribution in [1.82, 2.24) is 0 Å². The number of carbonyl (C=O) groups excluding carboxylic acids is 1. The summed E-state index contributed by atoms with van der Waals surface area (Å²) >= 11 is 0. The van der Waals surface area contributed by atoms with Gasteiger partial charge in [0.1, 0.15) is 11.4 Å². The third kappa shape index (κ3) is 5.09. The number of hydrogen-bond donors (Lipinski definition) is 2. The molecule has 2 aromatic rings. The van der Waals surface area contributed by atoms with Crippen molar-refractivity contribution >= 4 is 23.0 Å². The van der Waals surface area contributed by atoms with Crippen LogP contribution in [0.15, 0.2) is 42.5 Å². The predicted octanol–water partition coefficient (Wildman–Crippen LogP) is 4.32. The van der Waals surface area contributed by atoms with Crippen LogP contribution in [0.4, 0.5) is 30.2 Å². The van der Waals surface area contributed by atoms with E-state index >= 15 is 0 Å². The molecule has 27 heavy (non-hydrogen) atoms. The molecule has 2 aromatic carbocycles. The number of nitrogens with zero attached hydrogens (tertiary/aromatic N) is 1. The van der Waals surface area contributed by atoms with Crippen LogP contribution in [0.3, 0.4) is 0 Å². The van der Waals surface area contributed by atoms with Crippen LogP contribution in [0.25, 0.3) is 0 Å². The molecule has 7 nitrogen and oxygen atoms in total. The molecule has 0 spiro atoms. The number of nitro benzene ring substituents is 1. The molecule has 0 unspecified atom stereocenters. The summed E-state index contributed by atoms with van der Waals surface area (Å²) in [6.45, 7) is 0. The van der Waals surface area contributed by atoms with Crippen molar-refractivity contribution < 1.29 is 27.6 Å². The third-order valence-electron chi connectivity index (χ3n) is 3.72. The van der Waals surface area contributed by atoms with Gasteiger partial charge in [-0.15, -0.1) is 13.2 Å². The van der Waals surface area contributed by atoms with Crippen LogP contribution in [0, 0.1) is 10.1 Å². The molecule has 1 aliphatic carbocycles. The van der Waals surface area contributed by atoms with Gasteiger partial charge in [0.2, 0.25) is 0 Å². The zero-order valence-electron chi connectivity index (χ0n) is 13.7. The molecule has 0 atom stereocenters. The second-order valence-corrected chi connectivity index (χ2v) is 5.94. The van der Waals surface area contributed by atoms with Crippen LogP contribution in [0.5, 0.6) is 5.75 Å². The lowest BCUT2D eigenvalue weighted by molar-refractivity contribution is -0.384. The van der Waals surface area contributed by atoms with E-state index in [2.05, 4.69) is 15.4 Å². The topological polar surface area (TPSA) is 93.5 Å². The molecule has 0 aromatic heterocycles. The Balaban J connectivity index is 1.77.